The number of aromatic nitrogens is 1. The lowest BCUT2D eigenvalue weighted by molar-refractivity contribution is 0.0992. The van der Waals surface area contributed by atoms with Gasteiger partial charge in [0, 0.05) is 5.56 Å². The Balaban J connectivity index is 2.93. The third kappa shape index (κ3) is 1.06. The van der Waals surface area contributed by atoms with Gasteiger partial charge in [-0.2, -0.15) is 0 Å². The molecule has 0 saturated carbocycles. The Morgan fingerprint density at radius 3 is 3.00 bits per heavy atom. The molecule has 1 aromatic rings. The number of rotatable bonds is 2. The predicted molar refractivity (Wildman–Crippen MR) is 34.6 cm³/mol. The zero-order valence-electron chi connectivity index (χ0n) is 5.63. The molecule has 0 unspecified atom stereocenters. The van der Waals surface area contributed by atoms with Gasteiger partial charge >= 0.3 is 0 Å². The van der Waals surface area contributed by atoms with Crippen LogP contribution in [0.4, 0.5) is 0 Å². The number of aryl methyl sites for hydroxylation is 1. The number of hydrogen-bond donors (Lipinski definition) is 1. The lowest BCUT2D eigenvalue weighted by Gasteiger charge is -1.88. The largest absolute Gasteiger partial charge is 0.364 e. The van der Waals surface area contributed by atoms with Crippen molar-refractivity contribution in [3.8, 4) is 0 Å². The van der Waals surface area contributed by atoms with Crippen LogP contribution in [0.3, 0.4) is 0 Å². The molecule has 0 bridgehead atoms. The number of ketones is 1. The van der Waals surface area contributed by atoms with Gasteiger partial charge in [0.2, 0.25) is 0 Å². The Hall–Kier alpha value is -1.16. The van der Waals surface area contributed by atoms with Crippen LogP contribution in [0, 0.1) is 6.92 Å². The van der Waals surface area contributed by atoms with Gasteiger partial charge < -0.3 is 10.3 Å². The number of nitrogens with zero attached hydrogens (tertiary/aromatic N) is 1. The van der Waals surface area contributed by atoms with Gasteiger partial charge in [-0.3, -0.25) is 4.79 Å². The molecule has 1 heterocycles. The van der Waals surface area contributed by atoms with Gasteiger partial charge in [0.15, 0.2) is 11.5 Å². The average molecular weight is 140 g/mol. The van der Waals surface area contributed by atoms with Crippen LogP contribution in [0.25, 0.3) is 0 Å². The average Bonchev–Trinajstić information content (AvgIpc) is 2.34. The van der Waals surface area contributed by atoms with Gasteiger partial charge in [-0.25, -0.2) is 0 Å². The third-order valence-corrected chi connectivity index (χ3v) is 1.20. The fourth-order valence-electron chi connectivity index (χ4n) is 0.653. The summed E-state index contributed by atoms with van der Waals surface area (Å²) in [5, 5.41) is 3.48. The van der Waals surface area contributed by atoms with Crippen molar-refractivity contribution in [3.63, 3.8) is 0 Å². The van der Waals surface area contributed by atoms with Crippen LogP contribution >= 0.6 is 0 Å². The van der Waals surface area contributed by atoms with Crippen LogP contribution in [0.5, 0.6) is 0 Å². The monoisotopic (exact) mass is 140 g/mol. The molecule has 54 valence electrons. The number of nitrogens with two attached hydrogens (primary N) is 1. The van der Waals surface area contributed by atoms with Crippen molar-refractivity contribution in [2.45, 2.75) is 6.92 Å². The highest BCUT2D eigenvalue weighted by Gasteiger charge is 2.10. The molecule has 0 aromatic carbocycles. The van der Waals surface area contributed by atoms with E-state index in [1.165, 1.54) is 6.26 Å². The van der Waals surface area contributed by atoms with Crippen LogP contribution in [0.1, 0.15) is 16.1 Å². The molecule has 10 heavy (non-hydrogen) atoms. The Morgan fingerprint density at radius 1 is 1.90 bits per heavy atom. The van der Waals surface area contributed by atoms with Crippen LogP contribution in [0.2, 0.25) is 0 Å². The zero-order chi connectivity index (χ0) is 7.56. The number of Topliss-reactive ketones (excluding diaryl/α,β-unsaturated/α-hetero) is 1. The van der Waals surface area contributed by atoms with E-state index in [1.54, 1.807) is 6.92 Å². The summed E-state index contributed by atoms with van der Waals surface area (Å²) in [6.07, 6.45) is 1.42. The summed E-state index contributed by atoms with van der Waals surface area (Å²) in [6.45, 7) is 1.73. The fraction of sp³-hybridized carbons (Fsp3) is 0.333. The smallest absolute Gasteiger partial charge is 0.198 e. The molecule has 0 fully saturated rings. The van der Waals surface area contributed by atoms with Crippen molar-refractivity contribution in [2.24, 2.45) is 5.73 Å². The van der Waals surface area contributed by atoms with E-state index < -0.39 is 0 Å². The summed E-state index contributed by atoms with van der Waals surface area (Å²) < 4.78 is 4.54. The second-order valence-electron chi connectivity index (χ2n) is 1.97. The van der Waals surface area contributed by atoms with Gasteiger partial charge in [0.25, 0.3) is 0 Å². The maximum absolute atomic E-state index is 10.8. The highest BCUT2D eigenvalue weighted by Crippen LogP contribution is 2.03. The third-order valence-electron chi connectivity index (χ3n) is 1.20. The molecule has 4 nitrogen and oxygen atoms in total. The number of hydrogen-bond acceptors (Lipinski definition) is 4. The summed E-state index contributed by atoms with van der Waals surface area (Å²) in [5.41, 5.74) is 6.17. The SMILES string of the molecule is Cc1conc1C(=O)CN. The van der Waals surface area contributed by atoms with Crippen molar-refractivity contribution >= 4 is 5.78 Å². The lowest BCUT2D eigenvalue weighted by atomic mass is 10.2. The van der Waals surface area contributed by atoms with Gasteiger partial charge in [-0.1, -0.05) is 5.16 Å². The minimum Gasteiger partial charge on any atom is -0.364 e. The lowest BCUT2D eigenvalue weighted by Crippen LogP contribution is -2.14. The van der Waals surface area contributed by atoms with E-state index in [0.717, 1.165) is 5.56 Å². The molecule has 2 N–H and O–H groups in total. The van der Waals surface area contributed by atoms with Crippen molar-refractivity contribution in [1.29, 1.82) is 0 Å². The molecule has 0 aliphatic rings. The van der Waals surface area contributed by atoms with Crippen molar-refractivity contribution in [1.82, 2.24) is 5.16 Å². The van der Waals surface area contributed by atoms with Crippen LogP contribution in [0.15, 0.2) is 10.8 Å². The molecule has 0 radical (unpaired) electrons. The minimum atomic E-state index is -0.189. The first-order valence-corrected chi connectivity index (χ1v) is 2.90. The highest BCUT2D eigenvalue weighted by atomic mass is 16.5. The Morgan fingerprint density at radius 2 is 2.60 bits per heavy atom. The van der Waals surface area contributed by atoms with Crippen LogP contribution in [-0.2, 0) is 0 Å². The van der Waals surface area contributed by atoms with Crippen molar-refractivity contribution in [2.75, 3.05) is 6.54 Å². The Kier molecular flexibility index (Phi) is 1.82. The van der Waals surface area contributed by atoms with E-state index in [4.69, 9.17) is 5.73 Å². The second-order valence-corrected chi connectivity index (χ2v) is 1.97. The summed E-state index contributed by atoms with van der Waals surface area (Å²) >= 11 is 0. The van der Waals surface area contributed by atoms with Gasteiger partial charge in [-0.15, -0.1) is 0 Å². The van der Waals surface area contributed by atoms with Crippen LogP contribution in [-0.4, -0.2) is 17.5 Å². The molecular formula is C6H8N2O2. The van der Waals surface area contributed by atoms with E-state index in [9.17, 15) is 4.79 Å². The molecule has 0 aliphatic heterocycles. The summed E-state index contributed by atoms with van der Waals surface area (Å²) in [6, 6.07) is 0. The maximum Gasteiger partial charge on any atom is 0.198 e. The fourth-order valence-corrected chi connectivity index (χ4v) is 0.653. The van der Waals surface area contributed by atoms with E-state index in [0.29, 0.717) is 5.69 Å². The van der Waals surface area contributed by atoms with E-state index in [-0.39, 0.29) is 12.3 Å². The summed E-state index contributed by atoms with van der Waals surface area (Å²) in [4.78, 5) is 10.8. The quantitative estimate of drug-likeness (QED) is 0.592. The van der Waals surface area contributed by atoms with Gasteiger partial charge in [0.1, 0.15) is 6.26 Å². The second kappa shape index (κ2) is 2.62. The first-order chi connectivity index (χ1) is 4.75. The molecule has 4 heteroatoms. The molecule has 1 aromatic heterocycles. The molecular weight excluding hydrogens is 132 g/mol. The normalized spacial score (nSPS) is 9.80. The standard InChI is InChI=1S/C6H8N2O2/c1-4-3-10-8-6(4)5(9)2-7/h3H,2,7H2,1H3. The topological polar surface area (TPSA) is 69.1 Å². The maximum atomic E-state index is 10.8. The molecule has 0 spiro atoms. The van der Waals surface area contributed by atoms with E-state index in [1.807, 2.05) is 0 Å². The van der Waals surface area contributed by atoms with Gasteiger partial charge in [-0.05, 0) is 6.92 Å². The summed E-state index contributed by atoms with van der Waals surface area (Å²) in [7, 11) is 0. The minimum absolute atomic E-state index is 0.0205. The van der Waals surface area contributed by atoms with Crippen molar-refractivity contribution < 1.29 is 9.32 Å². The summed E-state index contributed by atoms with van der Waals surface area (Å²) in [5.74, 6) is -0.189. The first-order valence-electron chi connectivity index (χ1n) is 2.90. The molecule has 0 amide bonds. The van der Waals surface area contributed by atoms with Crippen LogP contribution < -0.4 is 5.73 Å². The Bertz CT molecular complexity index is 242. The number of carbonyl (C=O) groups is 1. The van der Waals surface area contributed by atoms with Gasteiger partial charge in [0.05, 0.1) is 6.54 Å². The molecule has 0 saturated heterocycles. The molecule has 1 rings (SSSR count). The molecule has 0 aliphatic carbocycles. The zero-order valence-corrected chi connectivity index (χ0v) is 5.63. The van der Waals surface area contributed by atoms with E-state index in [2.05, 4.69) is 9.68 Å². The first kappa shape index (κ1) is 6.95. The van der Waals surface area contributed by atoms with E-state index >= 15 is 0 Å². The predicted octanol–water partition coefficient (Wildman–Crippen LogP) is 0.124. The molecule has 0 atom stereocenters. The highest BCUT2D eigenvalue weighted by molar-refractivity contribution is 5.96. The Labute approximate surface area is 58.0 Å². The number of carbonyl (C=O) groups excluding carboxylic acids is 1. The van der Waals surface area contributed by atoms with Crippen molar-refractivity contribution in [3.05, 3.63) is 17.5 Å².